The third kappa shape index (κ3) is 3.78. The highest BCUT2D eigenvalue weighted by atomic mass is 32.1. The van der Waals surface area contributed by atoms with Gasteiger partial charge in [-0.05, 0) is 26.7 Å². The summed E-state index contributed by atoms with van der Waals surface area (Å²) < 4.78 is 0. The van der Waals surface area contributed by atoms with Crippen LogP contribution in [-0.2, 0) is 0 Å². The van der Waals surface area contributed by atoms with Crippen molar-refractivity contribution < 1.29 is 4.79 Å². The van der Waals surface area contributed by atoms with E-state index in [1.54, 1.807) is 5.38 Å². The maximum absolute atomic E-state index is 12.4. The average Bonchev–Trinajstić information content (AvgIpc) is 2.73. The van der Waals surface area contributed by atoms with Crippen LogP contribution >= 0.6 is 11.3 Å². The number of nitrogens with zero attached hydrogens (tertiary/aromatic N) is 2. The zero-order chi connectivity index (χ0) is 13.9. The van der Waals surface area contributed by atoms with Crippen molar-refractivity contribution in [1.29, 1.82) is 0 Å². The van der Waals surface area contributed by atoms with Gasteiger partial charge in [0, 0.05) is 18.0 Å². The first-order valence-corrected chi connectivity index (χ1v) is 7.22. The molecule has 102 valence electrons. The molecule has 1 unspecified atom stereocenters. The van der Waals surface area contributed by atoms with Crippen LogP contribution in [0.1, 0.15) is 56.2 Å². The number of carbonyl (C=O) groups is 1. The number of rotatable bonds is 5. The van der Waals surface area contributed by atoms with Crippen molar-refractivity contribution in [3.05, 3.63) is 16.1 Å². The van der Waals surface area contributed by atoms with Gasteiger partial charge in [0.25, 0.3) is 5.91 Å². The van der Waals surface area contributed by atoms with Crippen LogP contribution < -0.4 is 5.73 Å². The molecule has 1 aromatic rings. The summed E-state index contributed by atoms with van der Waals surface area (Å²) >= 11 is 1.45. The summed E-state index contributed by atoms with van der Waals surface area (Å²) in [5, 5.41) is 2.61. The molecule has 0 aliphatic rings. The molecule has 18 heavy (non-hydrogen) atoms. The van der Waals surface area contributed by atoms with Gasteiger partial charge in [0.2, 0.25) is 0 Å². The van der Waals surface area contributed by atoms with Crippen LogP contribution in [0.4, 0.5) is 0 Å². The van der Waals surface area contributed by atoms with Crippen LogP contribution in [0.5, 0.6) is 0 Å². The van der Waals surface area contributed by atoms with Gasteiger partial charge in [0.1, 0.15) is 10.7 Å². The molecule has 2 N–H and O–H groups in total. The first kappa shape index (κ1) is 15.1. The zero-order valence-electron chi connectivity index (χ0n) is 11.8. The van der Waals surface area contributed by atoms with Crippen LogP contribution in [0.3, 0.4) is 0 Å². The van der Waals surface area contributed by atoms with Crippen molar-refractivity contribution >= 4 is 17.2 Å². The van der Waals surface area contributed by atoms with Crippen molar-refractivity contribution in [2.24, 2.45) is 11.7 Å². The second-order valence-corrected chi connectivity index (χ2v) is 6.19. The predicted molar refractivity (Wildman–Crippen MR) is 75.7 cm³/mol. The molecule has 1 heterocycles. The molecule has 1 rings (SSSR count). The van der Waals surface area contributed by atoms with E-state index in [4.69, 9.17) is 5.73 Å². The summed E-state index contributed by atoms with van der Waals surface area (Å²) in [6.07, 6.45) is 0. The third-order valence-electron chi connectivity index (χ3n) is 2.58. The van der Waals surface area contributed by atoms with Gasteiger partial charge in [-0.15, -0.1) is 11.3 Å². The van der Waals surface area contributed by atoms with E-state index in [0.29, 0.717) is 11.6 Å². The molecule has 0 aliphatic heterocycles. The molecule has 0 spiro atoms. The Labute approximate surface area is 113 Å². The highest BCUT2D eigenvalue weighted by Crippen LogP contribution is 2.18. The fraction of sp³-hybridized carbons (Fsp3) is 0.692. The maximum Gasteiger partial charge on any atom is 0.273 e. The molecule has 0 aromatic carbocycles. The van der Waals surface area contributed by atoms with Gasteiger partial charge in [0.15, 0.2) is 0 Å². The van der Waals surface area contributed by atoms with Crippen LogP contribution in [-0.4, -0.2) is 28.4 Å². The summed E-state index contributed by atoms with van der Waals surface area (Å²) in [6.45, 7) is 10.9. The molecule has 5 heteroatoms. The monoisotopic (exact) mass is 269 g/mol. The summed E-state index contributed by atoms with van der Waals surface area (Å²) in [7, 11) is 0. The fourth-order valence-corrected chi connectivity index (χ4v) is 2.42. The lowest BCUT2D eigenvalue weighted by Gasteiger charge is -2.27. The van der Waals surface area contributed by atoms with Crippen LogP contribution in [0.15, 0.2) is 5.38 Å². The van der Waals surface area contributed by atoms with Gasteiger partial charge in [0.05, 0.1) is 6.04 Å². The lowest BCUT2D eigenvalue weighted by atomic mass is 10.1. The van der Waals surface area contributed by atoms with E-state index in [0.717, 1.165) is 11.6 Å². The van der Waals surface area contributed by atoms with Crippen molar-refractivity contribution in [1.82, 2.24) is 9.88 Å². The minimum atomic E-state index is -0.117. The van der Waals surface area contributed by atoms with E-state index in [-0.39, 0.29) is 18.0 Å². The lowest BCUT2D eigenvalue weighted by molar-refractivity contribution is 0.0676. The van der Waals surface area contributed by atoms with E-state index < -0.39 is 0 Å². The molecule has 0 bridgehead atoms. The van der Waals surface area contributed by atoms with Crippen LogP contribution in [0.2, 0.25) is 0 Å². The zero-order valence-corrected chi connectivity index (χ0v) is 12.6. The van der Waals surface area contributed by atoms with Crippen molar-refractivity contribution in [3.8, 4) is 0 Å². The highest BCUT2D eigenvalue weighted by Gasteiger charge is 2.22. The van der Waals surface area contributed by atoms with Gasteiger partial charge in [-0.2, -0.15) is 0 Å². The second kappa shape index (κ2) is 6.29. The molecular weight excluding hydrogens is 246 g/mol. The van der Waals surface area contributed by atoms with E-state index in [9.17, 15) is 4.79 Å². The second-order valence-electron chi connectivity index (χ2n) is 5.30. The predicted octanol–water partition coefficient (Wildman–Crippen LogP) is 2.67. The normalized spacial score (nSPS) is 13.1. The van der Waals surface area contributed by atoms with E-state index >= 15 is 0 Å². The molecule has 1 amide bonds. The molecule has 1 atom stereocenters. The Kier molecular flexibility index (Phi) is 5.28. The van der Waals surface area contributed by atoms with E-state index in [1.165, 1.54) is 11.3 Å². The number of hydrogen-bond acceptors (Lipinski definition) is 4. The number of carbonyl (C=O) groups excluding carboxylic acids is 1. The minimum absolute atomic E-state index is 0.00171. The molecule has 4 nitrogen and oxygen atoms in total. The molecular formula is C13H23N3OS. The fourth-order valence-electron chi connectivity index (χ4n) is 1.66. The smallest absolute Gasteiger partial charge is 0.273 e. The van der Waals surface area contributed by atoms with Crippen LogP contribution in [0, 0.1) is 5.92 Å². The maximum atomic E-state index is 12.4. The van der Waals surface area contributed by atoms with E-state index in [1.807, 2.05) is 25.7 Å². The first-order chi connectivity index (χ1) is 8.32. The van der Waals surface area contributed by atoms with E-state index in [2.05, 4.69) is 18.8 Å². The van der Waals surface area contributed by atoms with Gasteiger partial charge in [-0.3, -0.25) is 4.79 Å². The molecule has 1 aromatic heterocycles. The summed E-state index contributed by atoms with van der Waals surface area (Å²) in [5.41, 5.74) is 6.28. The van der Waals surface area contributed by atoms with Gasteiger partial charge in [-0.25, -0.2) is 4.98 Å². The van der Waals surface area contributed by atoms with Crippen molar-refractivity contribution in [2.45, 2.75) is 46.7 Å². The quantitative estimate of drug-likeness (QED) is 0.894. The van der Waals surface area contributed by atoms with Crippen LogP contribution in [0.25, 0.3) is 0 Å². The number of amides is 1. The largest absolute Gasteiger partial charge is 0.335 e. The Morgan fingerprint density at radius 3 is 2.39 bits per heavy atom. The Morgan fingerprint density at radius 2 is 2.00 bits per heavy atom. The Morgan fingerprint density at radius 1 is 1.39 bits per heavy atom. The standard InChI is InChI=1S/C13H23N3OS/c1-8(2)6-16(9(3)4)13(17)11-7-18-12(15-11)10(5)14/h7-10H,6,14H2,1-5H3. The minimum Gasteiger partial charge on any atom is -0.335 e. The number of thiazole rings is 1. The number of hydrogen-bond donors (Lipinski definition) is 1. The molecule has 0 fully saturated rings. The van der Waals surface area contributed by atoms with Crippen molar-refractivity contribution in [2.75, 3.05) is 6.54 Å². The summed E-state index contributed by atoms with van der Waals surface area (Å²) in [4.78, 5) is 18.6. The van der Waals surface area contributed by atoms with Gasteiger partial charge in [-0.1, -0.05) is 13.8 Å². The first-order valence-electron chi connectivity index (χ1n) is 6.34. The Bertz CT molecular complexity index is 399. The number of aromatic nitrogens is 1. The highest BCUT2D eigenvalue weighted by molar-refractivity contribution is 7.09. The van der Waals surface area contributed by atoms with Gasteiger partial charge >= 0.3 is 0 Å². The third-order valence-corrected chi connectivity index (χ3v) is 3.62. The Balaban J connectivity index is 2.88. The summed E-state index contributed by atoms with van der Waals surface area (Å²) in [6, 6.07) is 0.0644. The van der Waals surface area contributed by atoms with Gasteiger partial charge < -0.3 is 10.6 Å². The topological polar surface area (TPSA) is 59.2 Å². The molecule has 0 aliphatic carbocycles. The lowest BCUT2D eigenvalue weighted by Crippen LogP contribution is -2.39. The number of nitrogens with two attached hydrogens (primary N) is 1. The van der Waals surface area contributed by atoms with Crippen molar-refractivity contribution in [3.63, 3.8) is 0 Å². The molecule has 0 saturated heterocycles. The molecule has 0 saturated carbocycles. The Hall–Kier alpha value is -0.940. The SMILES string of the molecule is CC(C)CN(C(=O)c1csc(C(C)N)n1)C(C)C. The molecule has 0 radical (unpaired) electrons. The average molecular weight is 269 g/mol. The summed E-state index contributed by atoms with van der Waals surface area (Å²) in [5.74, 6) is 0.449.